The number of carbonyl (C=O) groups is 1. The number of nitrogens with one attached hydrogen (secondary N) is 1. The zero-order valence-corrected chi connectivity index (χ0v) is 10.3. The van der Waals surface area contributed by atoms with Gasteiger partial charge in [-0.3, -0.25) is 4.90 Å². The molecule has 0 spiro atoms. The van der Waals surface area contributed by atoms with Crippen molar-refractivity contribution in [3.63, 3.8) is 0 Å². The van der Waals surface area contributed by atoms with Crippen molar-refractivity contribution in [2.75, 3.05) is 23.3 Å². The Morgan fingerprint density at radius 1 is 1.41 bits per heavy atom. The third-order valence-corrected chi connectivity index (χ3v) is 2.63. The van der Waals surface area contributed by atoms with Gasteiger partial charge in [-0.05, 0) is 32.4 Å². The Morgan fingerprint density at radius 3 is 2.94 bits per heavy atom. The fraction of sp³-hybridized carbons (Fsp3) is 0.462. The van der Waals surface area contributed by atoms with Crippen LogP contribution in [0, 0.1) is 0 Å². The van der Waals surface area contributed by atoms with Crippen molar-refractivity contribution >= 4 is 17.5 Å². The summed E-state index contributed by atoms with van der Waals surface area (Å²) in [5, 5.41) is 3.31. The number of rotatable bonds is 1. The molecule has 1 heterocycles. The van der Waals surface area contributed by atoms with E-state index in [0.29, 0.717) is 6.54 Å². The topological polar surface area (TPSA) is 41.6 Å². The molecular formula is C13H18N2O2. The summed E-state index contributed by atoms with van der Waals surface area (Å²) in [5.41, 5.74) is 1.89. The van der Waals surface area contributed by atoms with E-state index >= 15 is 0 Å². The number of fused-ring (bicyclic) bond motifs is 1. The molecule has 0 bridgehead atoms. The fourth-order valence-electron chi connectivity index (χ4n) is 1.89. The molecule has 0 radical (unpaired) electrons. The third-order valence-electron chi connectivity index (χ3n) is 2.63. The smallest absolute Gasteiger partial charge is 0.414 e. The summed E-state index contributed by atoms with van der Waals surface area (Å²) in [7, 11) is 0. The minimum absolute atomic E-state index is 0.0918. The van der Waals surface area contributed by atoms with Gasteiger partial charge in [0.25, 0.3) is 0 Å². The summed E-state index contributed by atoms with van der Waals surface area (Å²) in [4.78, 5) is 13.7. The van der Waals surface area contributed by atoms with Gasteiger partial charge in [0.05, 0.1) is 17.5 Å². The van der Waals surface area contributed by atoms with E-state index < -0.39 is 0 Å². The number of benzene rings is 1. The molecule has 2 rings (SSSR count). The predicted octanol–water partition coefficient (Wildman–Crippen LogP) is 2.85. The van der Waals surface area contributed by atoms with Crippen molar-refractivity contribution in [1.82, 2.24) is 0 Å². The van der Waals surface area contributed by atoms with E-state index in [4.69, 9.17) is 4.74 Å². The van der Waals surface area contributed by atoms with Crippen LogP contribution in [0.2, 0.25) is 0 Å². The Hall–Kier alpha value is -1.71. The van der Waals surface area contributed by atoms with Crippen LogP contribution in [0.1, 0.15) is 20.3 Å². The summed E-state index contributed by atoms with van der Waals surface area (Å²) in [6.07, 6.45) is 0.559. The van der Waals surface area contributed by atoms with Crippen LogP contribution < -0.4 is 10.2 Å². The number of para-hydroxylation sites is 2. The average molecular weight is 234 g/mol. The van der Waals surface area contributed by atoms with Crippen LogP contribution in [0.15, 0.2) is 24.3 Å². The molecule has 0 aromatic heterocycles. The van der Waals surface area contributed by atoms with Gasteiger partial charge in [-0.2, -0.15) is 0 Å². The molecule has 0 aliphatic carbocycles. The lowest BCUT2D eigenvalue weighted by Crippen LogP contribution is -2.33. The molecule has 1 aromatic rings. The lowest BCUT2D eigenvalue weighted by atomic mass is 10.2. The zero-order valence-electron chi connectivity index (χ0n) is 10.3. The first-order chi connectivity index (χ1) is 8.18. The van der Waals surface area contributed by atoms with Gasteiger partial charge in [-0.1, -0.05) is 12.1 Å². The Morgan fingerprint density at radius 2 is 2.18 bits per heavy atom. The number of anilines is 2. The first-order valence-electron chi connectivity index (χ1n) is 5.99. The van der Waals surface area contributed by atoms with Gasteiger partial charge in [0.1, 0.15) is 0 Å². The second-order valence-corrected chi connectivity index (χ2v) is 4.38. The van der Waals surface area contributed by atoms with Crippen LogP contribution in [-0.4, -0.2) is 25.3 Å². The fourth-order valence-corrected chi connectivity index (χ4v) is 1.89. The third kappa shape index (κ3) is 2.70. The molecule has 92 valence electrons. The van der Waals surface area contributed by atoms with Gasteiger partial charge in [-0.25, -0.2) is 4.79 Å². The second-order valence-electron chi connectivity index (χ2n) is 4.38. The minimum Gasteiger partial charge on any atom is -0.446 e. The Labute approximate surface area is 102 Å². The Bertz CT molecular complexity index is 404. The molecular weight excluding hydrogens is 216 g/mol. The van der Waals surface area contributed by atoms with Gasteiger partial charge in [0.15, 0.2) is 0 Å². The monoisotopic (exact) mass is 234 g/mol. The number of hydrogen-bond donors (Lipinski definition) is 1. The maximum Gasteiger partial charge on any atom is 0.414 e. The quantitative estimate of drug-likeness (QED) is 0.812. The van der Waals surface area contributed by atoms with Crippen LogP contribution in [0.4, 0.5) is 16.2 Å². The van der Waals surface area contributed by atoms with Crippen molar-refractivity contribution in [2.45, 2.75) is 26.4 Å². The molecule has 0 saturated heterocycles. The lowest BCUT2D eigenvalue weighted by molar-refractivity contribution is 0.122. The first-order valence-corrected chi connectivity index (χ1v) is 5.99. The number of carbonyl (C=O) groups excluding carboxylic acids is 1. The molecule has 0 saturated carbocycles. The van der Waals surface area contributed by atoms with E-state index in [1.54, 1.807) is 4.90 Å². The number of ether oxygens (including phenoxy) is 1. The van der Waals surface area contributed by atoms with Crippen molar-refractivity contribution in [3.8, 4) is 0 Å². The molecule has 0 fully saturated rings. The van der Waals surface area contributed by atoms with Gasteiger partial charge >= 0.3 is 6.09 Å². The summed E-state index contributed by atoms with van der Waals surface area (Å²) < 4.78 is 5.26. The minimum atomic E-state index is -0.267. The number of nitrogens with zero attached hydrogens (tertiary/aromatic N) is 1. The Balaban J connectivity index is 2.25. The molecule has 0 atom stereocenters. The van der Waals surface area contributed by atoms with E-state index in [0.717, 1.165) is 24.3 Å². The summed E-state index contributed by atoms with van der Waals surface area (Å²) in [6, 6.07) is 7.82. The maximum absolute atomic E-state index is 12.0. The van der Waals surface area contributed by atoms with Gasteiger partial charge in [0, 0.05) is 13.1 Å². The standard InChI is InChI=1S/C13H18N2O2/c1-10(2)17-13(16)15-9-5-8-14-11-6-3-4-7-12(11)15/h3-4,6-7,10,14H,5,8-9H2,1-2H3. The molecule has 4 nitrogen and oxygen atoms in total. The average Bonchev–Trinajstić information content (AvgIpc) is 2.50. The van der Waals surface area contributed by atoms with E-state index in [-0.39, 0.29) is 12.2 Å². The van der Waals surface area contributed by atoms with Gasteiger partial charge in [0.2, 0.25) is 0 Å². The summed E-state index contributed by atoms with van der Waals surface area (Å²) >= 11 is 0. The van der Waals surface area contributed by atoms with Crippen molar-refractivity contribution in [1.29, 1.82) is 0 Å². The zero-order chi connectivity index (χ0) is 12.3. The molecule has 1 amide bonds. The lowest BCUT2D eigenvalue weighted by Gasteiger charge is -2.22. The van der Waals surface area contributed by atoms with Crippen molar-refractivity contribution in [2.24, 2.45) is 0 Å². The van der Waals surface area contributed by atoms with Crippen molar-refractivity contribution < 1.29 is 9.53 Å². The highest BCUT2D eigenvalue weighted by molar-refractivity contribution is 5.92. The highest BCUT2D eigenvalue weighted by Gasteiger charge is 2.22. The van der Waals surface area contributed by atoms with E-state index in [9.17, 15) is 4.79 Å². The van der Waals surface area contributed by atoms with Crippen LogP contribution in [0.25, 0.3) is 0 Å². The molecule has 17 heavy (non-hydrogen) atoms. The van der Waals surface area contributed by atoms with Crippen LogP contribution >= 0.6 is 0 Å². The second kappa shape index (κ2) is 5.08. The predicted molar refractivity (Wildman–Crippen MR) is 68.5 cm³/mol. The maximum atomic E-state index is 12.0. The normalized spacial score (nSPS) is 14.9. The van der Waals surface area contributed by atoms with E-state index in [1.807, 2.05) is 38.1 Å². The highest BCUT2D eigenvalue weighted by atomic mass is 16.6. The van der Waals surface area contributed by atoms with Crippen LogP contribution in [0.3, 0.4) is 0 Å². The Kier molecular flexibility index (Phi) is 3.52. The molecule has 4 heteroatoms. The first kappa shape index (κ1) is 11.8. The molecule has 1 N–H and O–H groups in total. The van der Waals surface area contributed by atoms with E-state index in [2.05, 4.69) is 5.32 Å². The highest BCUT2D eigenvalue weighted by Crippen LogP contribution is 2.28. The van der Waals surface area contributed by atoms with Crippen molar-refractivity contribution in [3.05, 3.63) is 24.3 Å². The summed E-state index contributed by atoms with van der Waals surface area (Å²) in [5.74, 6) is 0. The summed E-state index contributed by atoms with van der Waals surface area (Å²) in [6.45, 7) is 5.29. The van der Waals surface area contributed by atoms with Gasteiger partial charge < -0.3 is 10.1 Å². The van der Waals surface area contributed by atoms with Crippen LogP contribution in [0.5, 0.6) is 0 Å². The largest absolute Gasteiger partial charge is 0.446 e. The molecule has 1 aliphatic heterocycles. The SMILES string of the molecule is CC(C)OC(=O)N1CCCNc2ccccc21. The van der Waals surface area contributed by atoms with E-state index in [1.165, 1.54) is 0 Å². The van der Waals surface area contributed by atoms with Gasteiger partial charge in [-0.15, -0.1) is 0 Å². The molecule has 0 unspecified atom stereocenters. The molecule has 1 aromatic carbocycles. The number of amides is 1. The van der Waals surface area contributed by atoms with Crippen LogP contribution in [-0.2, 0) is 4.74 Å². The molecule has 1 aliphatic rings. The number of hydrogen-bond acceptors (Lipinski definition) is 3.